The summed E-state index contributed by atoms with van der Waals surface area (Å²) in [7, 11) is 0. The highest BCUT2D eigenvalue weighted by atomic mass is 16.4. The number of carboxylic acids is 2. The van der Waals surface area contributed by atoms with Crippen LogP contribution in [0.1, 0.15) is 22.6 Å². The van der Waals surface area contributed by atoms with E-state index in [-0.39, 0.29) is 0 Å². The highest BCUT2D eigenvalue weighted by Crippen LogP contribution is 2.40. The molecule has 2 N–H and O–H groups in total. The third-order valence-corrected chi connectivity index (χ3v) is 3.69. The molecule has 0 radical (unpaired) electrons. The molecule has 1 aliphatic carbocycles. The minimum Gasteiger partial charge on any atom is -0.480 e. The summed E-state index contributed by atoms with van der Waals surface area (Å²) in [6.07, 6.45) is 0.582. The molecule has 0 aliphatic heterocycles. The molecular weight excluding hydrogens is 256 g/mol. The predicted molar refractivity (Wildman–Crippen MR) is 72.7 cm³/mol. The lowest BCUT2D eigenvalue weighted by atomic mass is 9.91. The van der Waals surface area contributed by atoms with Crippen LogP contribution in [-0.4, -0.2) is 22.2 Å². The van der Waals surface area contributed by atoms with E-state index in [2.05, 4.69) is 0 Å². The molecule has 0 bridgehead atoms. The molecule has 2 aromatic carbocycles. The molecule has 100 valence electrons. The Bertz CT molecular complexity index is 704. The summed E-state index contributed by atoms with van der Waals surface area (Å²) < 4.78 is 0. The molecule has 0 aromatic heterocycles. The van der Waals surface area contributed by atoms with Crippen molar-refractivity contribution < 1.29 is 19.8 Å². The zero-order chi connectivity index (χ0) is 14.3. The van der Waals surface area contributed by atoms with Crippen LogP contribution in [0.15, 0.2) is 42.5 Å². The van der Waals surface area contributed by atoms with E-state index in [0.717, 1.165) is 22.3 Å². The van der Waals surface area contributed by atoms with Crippen LogP contribution >= 0.6 is 0 Å². The van der Waals surface area contributed by atoms with Crippen LogP contribution in [0.25, 0.3) is 11.1 Å². The third kappa shape index (κ3) is 1.77. The lowest BCUT2D eigenvalue weighted by Gasteiger charge is -2.12. The molecule has 1 aliphatic rings. The number of rotatable bonds is 3. The molecule has 0 atom stereocenters. The summed E-state index contributed by atoms with van der Waals surface area (Å²) in [6.45, 7) is 0. The Morgan fingerprint density at radius 1 is 0.900 bits per heavy atom. The lowest BCUT2D eigenvalue weighted by molar-refractivity contribution is -0.150. The number of carboxylic acid groups (broad SMARTS) is 2. The Labute approximate surface area is 115 Å². The number of hydrogen-bond donors (Lipinski definition) is 2. The maximum Gasteiger partial charge on any atom is 0.322 e. The first-order valence-electron chi connectivity index (χ1n) is 6.25. The Kier molecular flexibility index (Phi) is 2.79. The lowest BCUT2D eigenvalue weighted by Crippen LogP contribution is -2.22. The van der Waals surface area contributed by atoms with E-state index < -0.39 is 17.9 Å². The molecule has 0 fully saturated rings. The molecule has 0 unspecified atom stereocenters. The predicted octanol–water partition coefficient (Wildman–Crippen LogP) is 2.51. The van der Waals surface area contributed by atoms with Gasteiger partial charge in [-0.05, 0) is 34.2 Å². The first-order chi connectivity index (χ1) is 9.59. The largest absolute Gasteiger partial charge is 0.480 e. The minimum absolute atomic E-state index is 0.374. The minimum atomic E-state index is -1.51. The number of benzene rings is 2. The smallest absolute Gasteiger partial charge is 0.322 e. The van der Waals surface area contributed by atoms with Gasteiger partial charge in [-0.15, -0.1) is 0 Å². The summed E-state index contributed by atoms with van der Waals surface area (Å²) >= 11 is 0. The van der Waals surface area contributed by atoms with Gasteiger partial charge in [-0.1, -0.05) is 42.5 Å². The molecule has 0 saturated carbocycles. The van der Waals surface area contributed by atoms with Crippen molar-refractivity contribution in [2.75, 3.05) is 0 Å². The molecule has 20 heavy (non-hydrogen) atoms. The van der Waals surface area contributed by atoms with Crippen molar-refractivity contribution >= 4 is 11.9 Å². The zero-order valence-electron chi connectivity index (χ0n) is 10.5. The van der Waals surface area contributed by atoms with Gasteiger partial charge < -0.3 is 10.2 Å². The van der Waals surface area contributed by atoms with Crippen LogP contribution in [0.3, 0.4) is 0 Å². The van der Waals surface area contributed by atoms with E-state index in [1.165, 1.54) is 0 Å². The van der Waals surface area contributed by atoms with Gasteiger partial charge in [-0.2, -0.15) is 0 Å². The SMILES string of the molecule is O=C(O)C(C(=O)O)c1cccc2c1Cc1ccccc1-2. The van der Waals surface area contributed by atoms with E-state index in [0.29, 0.717) is 12.0 Å². The number of hydrogen-bond acceptors (Lipinski definition) is 2. The van der Waals surface area contributed by atoms with Gasteiger partial charge >= 0.3 is 11.9 Å². The number of fused-ring (bicyclic) bond motifs is 3. The van der Waals surface area contributed by atoms with Crippen molar-refractivity contribution in [1.82, 2.24) is 0 Å². The molecular formula is C16H12O4. The maximum absolute atomic E-state index is 11.2. The Morgan fingerprint density at radius 2 is 1.55 bits per heavy atom. The van der Waals surface area contributed by atoms with E-state index in [4.69, 9.17) is 10.2 Å². The van der Waals surface area contributed by atoms with Gasteiger partial charge in [0, 0.05) is 0 Å². The summed E-state index contributed by atoms with van der Waals surface area (Å²) in [5, 5.41) is 18.3. The van der Waals surface area contributed by atoms with Gasteiger partial charge in [0.05, 0.1) is 0 Å². The van der Waals surface area contributed by atoms with Crippen molar-refractivity contribution in [3.05, 3.63) is 59.2 Å². The normalized spacial score (nSPS) is 12.1. The molecule has 0 amide bonds. The molecule has 0 heterocycles. The van der Waals surface area contributed by atoms with Gasteiger partial charge in [0.2, 0.25) is 0 Å². The average molecular weight is 268 g/mol. The Hall–Kier alpha value is -2.62. The van der Waals surface area contributed by atoms with Gasteiger partial charge in [-0.3, -0.25) is 9.59 Å². The van der Waals surface area contributed by atoms with Crippen LogP contribution in [0.4, 0.5) is 0 Å². The fourth-order valence-electron chi connectivity index (χ4n) is 2.82. The van der Waals surface area contributed by atoms with E-state index in [9.17, 15) is 9.59 Å². The van der Waals surface area contributed by atoms with Crippen LogP contribution in [0.2, 0.25) is 0 Å². The summed E-state index contributed by atoms with van der Waals surface area (Å²) in [5.41, 5.74) is 4.27. The first kappa shape index (κ1) is 12.4. The Balaban J connectivity index is 2.18. The second kappa shape index (κ2) is 4.49. The standard InChI is InChI=1S/C16H12O4/c17-15(18)14(16(19)20)12-7-3-6-11-10-5-2-1-4-9(10)8-13(11)12/h1-7,14H,8H2,(H,17,18)(H,19,20). The topological polar surface area (TPSA) is 74.6 Å². The van der Waals surface area contributed by atoms with Gasteiger partial charge in [0.25, 0.3) is 0 Å². The van der Waals surface area contributed by atoms with Crippen molar-refractivity contribution in [2.45, 2.75) is 12.3 Å². The summed E-state index contributed by atoms with van der Waals surface area (Å²) in [5.74, 6) is -4.18. The highest BCUT2D eigenvalue weighted by molar-refractivity contribution is 6.00. The van der Waals surface area contributed by atoms with Crippen LogP contribution in [0, 0.1) is 0 Å². The van der Waals surface area contributed by atoms with E-state index in [1.54, 1.807) is 12.1 Å². The molecule has 0 spiro atoms. The van der Waals surface area contributed by atoms with E-state index in [1.807, 2.05) is 30.3 Å². The third-order valence-electron chi connectivity index (χ3n) is 3.69. The first-order valence-corrected chi connectivity index (χ1v) is 6.25. The second-order valence-electron chi connectivity index (χ2n) is 4.82. The van der Waals surface area contributed by atoms with Gasteiger partial charge in [-0.25, -0.2) is 0 Å². The van der Waals surface area contributed by atoms with Gasteiger partial charge in [0.1, 0.15) is 0 Å². The van der Waals surface area contributed by atoms with Crippen LogP contribution in [0.5, 0.6) is 0 Å². The van der Waals surface area contributed by atoms with E-state index >= 15 is 0 Å². The maximum atomic E-state index is 11.2. The van der Waals surface area contributed by atoms with Crippen LogP contribution in [-0.2, 0) is 16.0 Å². The second-order valence-corrected chi connectivity index (χ2v) is 4.82. The Morgan fingerprint density at radius 3 is 2.25 bits per heavy atom. The molecule has 3 rings (SSSR count). The van der Waals surface area contributed by atoms with Crippen LogP contribution < -0.4 is 0 Å². The molecule has 4 nitrogen and oxygen atoms in total. The average Bonchev–Trinajstić information content (AvgIpc) is 2.78. The quantitative estimate of drug-likeness (QED) is 0.716. The molecule has 2 aromatic rings. The summed E-state index contributed by atoms with van der Waals surface area (Å²) in [6, 6.07) is 13.0. The molecule has 4 heteroatoms. The van der Waals surface area contributed by atoms with Crippen molar-refractivity contribution in [1.29, 1.82) is 0 Å². The fourth-order valence-corrected chi connectivity index (χ4v) is 2.82. The van der Waals surface area contributed by atoms with Crippen molar-refractivity contribution in [2.24, 2.45) is 0 Å². The zero-order valence-corrected chi connectivity index (χ0v) is 10.5. The monoisotopic (exact) mass is 268 g/mol. The highest BCUT2D eigenvalue weighted by Gasteiger charge is 2.32. The van der Waals surface area contributed by atoms with Crippen molar-refractivity contribution in [3.63, 3.8) is 0 Å². The number of carbonyl (C=O) groups is 2. The summed E-state index contributed by atoms with van der Waals surface area (Å²) in [4.78, 5) is 22.5. The fraction of sp³-hybridized carbons (Fsp3) is 0.125. The van der Waals surface area contributed by atoms with Gasteiger partial charge in [0.15, 0.2) is 5.92 Å². The van der Waals surface area contributed by atoms with Crippen molar-refractivity contribution in [3.8, 4) is 11.1 Å². The number of aliphatic carboxylic acids is 2. The molecule has 0 saturated heterocycles.